The van der Waals surface area contributed by atoms with Crippen LogP contribution in [0.2, 0.25) is 0 Å². The van der Waals surface area contributed by atoms with Gasteiger partial charge in [-0.05, 0) is 25.0 Å². The van der Waals surface area contributed by atoms with E-state index >= 15 is 0 Å². The van der Waals surface area contributed by atoms with Crippen molar-refractivity contribution >= 4 is 12.0 Å². The fourth-order valence-corrected chi connectivity index (χ4v) is 3.67. The lowest BCUT2D eigenvalue weighted by molar-refractivity contribution is -0.138. The Morgan fingerprint density at radius 3 is 2.52 bits per heavy atom. The largest absolute Gasteiger partial charge is 0.490 e. The standard InChI is InChI=1S/C22H32N2O7/c1-27-11-12-28-13-14-29-17-21(25)23-9-7-18(8-10-23)24-15-20(31-22(24)26)16-30-19-5-3-2-4-6-19/h2-6,18,20H,7-17H2,1H3. The van der Waals surface area contributed by atoms with Gasteiger partial charge in [-0.2, -0.15) is 0 Å². The molecule has 1 aromatic rings. The van der Waals surface area contributed by atoms with Gasteiger partial charge in [-0.15, -0.1) is 0 Å². The quantitative estimate of drug-likeness (QED) is 0.460. The Labute approximate surface area is 183 Å². The van der Waals surface area contributed by atoms with Crippen molar-refractivity contribution in [2.24, 2.45) is 0 Å². The average Bonchev–Trinajstić information content (AvgIpc) is 3.18. The Morgan fingerprint density at radius 2 is 1.77 bits per heavy atom. The number of likely N-dealkylation sites (tertiary alicyclic amines) is 1. The van der Waals surface area contributed by atoms with Crippen molar-refractivity contribution in [2.75, 3.05) is 66.4 Å². The van der Waals surface area contributed by atoms with Crippen LogP contribution in [-0.2, 0) is 23.7 Å². The molecule has 0 aromatic heterocycles. The van der Waals surface area contributed by atoms with Crippen LogP contribution < -0.4 is 4.74 Å². The Kier molecular flexibility index (Phi) is 9.39. The second kappa shape index (κ2) is 12.5. The third-order valence-electron chi connectivity index (χ3n) is 5.37. The van der Waals surface area contributed by atoms with Crippen LogP contribution >= 0.6 is 0 Å². The molecule has 2 fully saturated rings. The van der Waals surface area contributed by atoms with E-state index in [9.17, 15) is 9.59 Å². The fourth-order valence-electron chi connectivity index (χ4n) is 3.67. The zero-order chi connectivity index (χ0) is 21.9. The highest BCUT2D eigenvalue weighted by Crippen LogP contribution is 2.23. The molecule has 1 atom stereocenters. The number of para-hydroxylation sites is 1. The Bertz CT molecular complexity index is 680. The zero-order valence-corrected chi connectivity index (χ0v) is 18.1. The lowest BCUT2D eigenvalue weighted by atomic mass is 10.0. The molecular weight excluding hydrogens is 404 g/mol. The second-order valence-corrected chi connectivity index (χ2v) is 7.55. The van der Waals surface area contributed by atoms with Crippen LogP contribution in [0.25, 0.3) is 0 Å². The third-order valence-corrected chi connectivity index (χ3v) is 5.37. The molecule has 2 aliphatic heterocycles. The minimum absolute atomic E-state index is 0.0338. The molecule has 172 valence electrons. The Morgan fingerprint density at radius 1 is 1.06 bits per heavy atom. The molecule has 2 amide bonds. The summed E-state index contributed by atoms with van der Waals surface area (Å²) >= 11 is 0. The summed E-state index contributed by atoms with van der Waals surface area (Å²) in [5.41, 5.74) is 0. The maximum atomic E-state index is 12.3. The van der Waals surface area contributed by atoms with Crippen LogP contribution in [0.15, 0.2) is 30.3 Å². The summed E-state index contributed by atoms with van der Waals surface area (Å²) in [6.45, 7) is 3.95. The molecule has 9 nitrogen and oxygen atoms in total. The van der Waals surface area contributed by atoms with Crippen molar-refractivity contribution in [1.29, 1.82) is 0 Å². The van der Waals surface area contributed by atoms with E-state index in [1.165, 1.54) is 0 Å². The highest BCUT2D eigenvalue weighted by atomic mass is 16.6. The number of hydrogen-bond donors (Lipinski definition) is 0. The van der Waals surface area contributed by atoms with E-state index in [4.69, 9.17) is 23.7 Å². The first kappa shape index (κ1) is 23.3. The van der Waals surface area contributed by atoms with E-state index in [0.29, 0.717) is 52.7 Å². The molecule has 1 aromatic carbocycles. The summed E-state index contributed by atoms with van der Waals surface area (Å²) < 4.78 is 26.8. The van der Waals surface area contributed by atoms with Crippen LogP contribution in [0.5, 0.6) is 5.75 Å². The van der Waals surface area contributed by atoms with Crippen molar-refractivity contribution in [3.8, 4) is 5.75 Å². The number of carbonyl (C=O) groups is 2. The summed E-state index contributed by atoms with van der Waals surface area (Å²) in [6.07, 6.45) is 0.871. The molecule has 31 heavy (non-hydrogen) atoms. The molecule has 0 radical (unpaired) electrons. The number of carbonyl (C=O) groups excluding carboxylic acids is 2. The van der Waals surface area contributed by atoms with Gasteiger partial charge in [-0.25, -0.2) is 4.79 Å². The second-order valence-electron chi connectivity index (χ2n) is 7.55. The van der Waals surface area contributed by atoms with E-state index in [1.807, 2.05) is 30.3 Å². The first-order chi connectivity index (χ1) is 15.2. The topological polar surface area (TPSA) is 86.8 Å². The van der Waals surface area contributed by atoms with E-state index < -0.39 is 0 Å². The van der Waals surface area contributed by atoms with Gasteiger partial charge in [0.05, 0.1) is 33.0 Å². The highest BCUT2D eigenvalue weighted by Gasteiger charge is 2.38. The van der Waals surface area contributed by atoms with Crippen LogP contribution in [0.4, 0.5) is 4.79 Å². The van der Waals surface area contributed by atoms with Crippen molar-refractivity contribution in [3.05, 3.63) is 30.3 Å². The minimum atomic E-state index is -0.303. The summed E-state index contributed by atoms with van der Waals surface area (Å²) in [4.78, 5) is 28.2. The Hall–Kier alpha value is -2.36. The number of cyclic esters (lactones) is 1. The van der Waals surface area contributed by atoms with Gasteiger partial charge in [0.1, 0.15) is 19.0 Å². The van der Waals surface area contributed by atoms with Crippen molar-refractivity contribution in [3.63, 3.8) is 0 Å². The zero-order valence-electron chi connectivity index (χ0n) is 18.1. The smallest absolute Gasteiger partial charge is 0.410 e. The van der Waals surface area contributed by atoms with E-state index in [1.54, 1.807) is 16.9 Å². The van der Waals surface area contributed by atoms with Crippen LogP contribution in [0, 0.1) is 0 Å². The maximum Gasteiger partial charge on any atom is 0.410 e. The molecule has 1 unspecified atom stereocenters. The molecular formula is C22H32N2O7. The highest BCUT2D eigenvalue weighted by molar-refractivity contribution is 5.77. The fraction of sp³-hybridized carbons (Fsp3) is 0.636. The van der Waals surface area contributed by atoms with Gasteiger partial charge in [0, 0.05) is 26.2 Å². The SMILES string of the molecule is COCCOCCOCC(=O)N1CCC(N2CC(COc3ccccc3)OC2=O)CC1. The molecule has 2 saturated heterocycles. The molecule has 0 spiro atoms. The lowest BCUT2D eigenvalue weighted by Crippen LogP contribution is -2.48. The maximum absolute atomic E-state index is 12.3. The van der Waals surface area contributed by atoms with Crippen molar-refractivity contribution < 1.29 is 33.3 Å². The molecule has 3 rings (SSSR count). The van der Waals surface area contributed by atoms with Crippen LogP contribution in [0.3, 0.4) is 0 Å². The monoisotopic (exact) mass is 436 g/mol. The molecule has 9 heteroatoms. The number of benzene rings is 1. The van der Waals surface area contributed by atoms with Crippen LogP contribution in [-0.4, -0.2) is 100 Å². The van der Waals surface area contributed by atoms with Crippen molar-refractivity contribution in [2.45, 2.75) is 25.0 Å². The number of ether oxygens (including phenoxy) is 5. The molecule has 2 heterocycles. The predicted molar refractivity (Wildman–Crippen MR) is 112 cm³/mol. The molecule has 0 N–H and O–H groups in total. The summed E-state index contributed by atoms with van der Waals surface area (Å²) in [5.74, 6) is 0.723. The van der Waals surface area contributed by atoms with Gasteiger partial charge in [-0.3, -0.25) is 4.79 Å². The van der Waals surface area contributed by atoms with Gasteiger partial charge < -0.3 is 33.5 Å². The van der Waals surface area contributed by atoms with Gasteiger partial charge >= 0.3 is 6.09 Å². The normalized spacial score (nSPS) is 19.5. The van der Waals surface area contributed by atoms with Gasteiger partial charge in [0.15, 0.2) is 6.10 Å². The Balaban J connectivity index is 1.31. The van der Waals surface area contributed by atoms with Crippen molar-refractivity contribution in [1.82, 2.24) is 9.80 Å². The lowest BCUT2D eigenvalue weighted by Gasteiger charge is -2.35. The third kappa shape index (κ3) is 7.37. The number of amides is 2. The molecule has 0 aliphatic carbocycles. The van der Waals surface area contributed by atoms with E-state index in [0.717, 1.165) is 18.6 Å². The average molecular weight is 437 g/mol. The first-order valence-corrected chi connectivity index (χ1v) is 10.7. The number of nitrogens with zero attached hydrogens (tertiary/aromatic N) is 2. The molecule has 2 aliphatic rings. The number of methoxy groups -OCH3 is 1. The summed E-state index contributed by atoms with van der Waals surface area (Å²) in [6, 6.07) is 9.55. The minimum Gasteiger partial charge on any atom is -0.490 e. The van der Waals surface area contributed by atoms with Gasteiger partial charge in [-0.1, -0.05) is 18.2 Å². The molecule has 0 bridgehead atoms. The summed E-state index contributed by atoms with van der Waals surface area (Å²) in [7, 11) is 1.62. The summed E-state index contributed by atoms with van der Waals surface area (Å²) in [5, 5.41) is 0. The van der Waals surface area contributed by atoms with E-state index in [-0.39, 0.29) is 30.8 Å². The van der Waals surface area contributed by atoms with Gasteiger partial charge in [0.2, 0.25) is 5.91 Å². The number of piperidine rings is 1. The van der Waals surface area contributed by atoms with Gasteiger partial charge in [0.25, 0.3) is 0 Å². The number of hydrogen-bond acceptors (Lipinski definition) is 7. The van der Waals surface area contributed by atoms with E-state index in [2.05, 4.69) is 0 Å². The molecule has 0 saturated carbocycles. The first-order valence-electron chi connectivity index (χ1n) is 10.7. The predicted octanol–water partition coefficient (Wildman–Crippen LogP) is 1.56. The number of rotatable bonds is 12. The van der Waals surface area contributed by atoms with Crippen LogP contribution in [0.1, 0.15) is 12.8 Å².